The molecular weight excluding hydrogens is 214 g/mol. The third-order valence-electron chi connectivity index (χ3n) is 2.50. The van der Waals surface area contributed by atoms with Crippen molar-refractivity contribution in [2.75, 3.05) is 12.3 Å². The van der Waals surface area contributed by atoms with Crippen molar-refractivity contribution in [3.05, 3.63) is 11.9 Å². The SMILES string of the molecule is CCCCCCOc1cc(N)nc(C(C)C)n1. The van der Waals surface area contributed by atoms with Gasteiger partial charge in [0, 0.05) is 12.0 Å². The van der Waals surface area contributed by atoms with E-state index in [9.17, 15) is 0 Å². The number of rotatable bonds is 7. The average Bonchev–Trinajstić information content (AvgIpc) is 2.28. The number of unbranched alkanes of at least 4 members (excludes halogenated alkanes) is 3. The first-order valence-corrected chi connectivity index (χ1v) is 6.40. The van der Waals surface area contributed by atoms with Gasteiger partial charge in [-0.05, 0) is 6.42 Å². The van der Waals surface area contributed by atoms with Crippen LogP contribution in [-0.4, -0.2) is 16.6 Å². The van der Waals surface area contributed by atoms with E-state index in [1.165, 1.54) is 19.3 Å². The maximum Gasteiger partial charge on any atom is 0.218 e. The number of anilines is 1. The van der Waals surface area contributed by atoms with Gasteiger partial charge in [-0.3, -0.25) is 0 Å². The Balaban J connectivity index is 2.47. The molecule has 1 aromatic heterocycles. The van der Waals surface area contributed by atoms with Crippen LogP contribution in [0.3, 0.4) is 0 Å². The lowest BCUT2D eigenvalue weighted by molar-refractivity contribution is 0.292. The van der Waals surface area contributed by atoms with E-state index in [0.717, 1.165) is 12.2 Å². The van der Waals surface area contributed by atoms with Crippen molar-refractivity contribution in [2.45, 2.75) is 52.4 Å². The third-order valence-corrected chi connectivity index (χ3v) is 2.50. The molecule has 96 valence electrons. The van der Waals surface area contributed by atoms with Crippen LogP contribution in [0.15, 0.2) is 6.07 Å². The molecule has 0 saturated carbocycles. The lowest BCUT2D eigenvalue weighted by Crippen LogP contribution is -2.06. The Hall–Kier alpha value is -1.32. The van der Waals surface area contributed by atoms with Crippen molar-refractivity contribution < 1.29 is 4.74 Å². The van der Waals surface area contributed by atoms with Crippen LogP contribution in [-0.2, 0) is 0 Å². The predicted molar refractivity (Wildman–Crippen MR) is 70.2 cm³/mol. The second-order valence-corrected chi connectivity index (χ2v) is 4.55. The van der Waals surface area contributed by atoms with Gasteiger partial charge in [-0.25, -0.2) is 4.98 Å². The molecular formula is C13H23N3O. The summed E-state index contributed by atoms with van der Waals surface area (Å²) < 4.78 is 5.59. The first kappa shape index (κ1) is 13.7. The smallest absolute Gasteiger partial charge is 0.218 e. The number of nitrogens with two attached hydrogens (primary N) is 1. The molecule has 0 fully saturated rings. The second kappa shape index (κ2) is 7.09. The number of aromatic nitrogens is 2. The summed E-state index contributed by atoms with van der Waals surface area (Å²) >= 11 is 0. The van der Waals surface area contributed by atoms with Gasteiger partial charge in [0.2, 0.25) is 5.88 Å². The normalized spacial score (nSPS) is 10.8. The zero-order chi connectivity index (χ0) is 12.7. The standard InChI is InChI=1S/C13H23N3O/c1-4-5-6-7-8-17-12-9-11(14)15-13(16-12)10(2)3/h9-10H,4-8H2,1-3H3,(H2,14,15,16). The number of hydrogen-bond acceptors (Lipinski definition) is 4. The lowest BCUT2D eigenvalue weighted by Gasteiger charge is -2.09. The fourth-order valence-electron chi connectivity index (χ4n) is 1.50. The minimum atomic E-state index is 0.265. The molecule has 1 heterocycles. The van der Waals surface area contributed by atoms with Gasteiger partial charge in [0.15, 0.2) is 0 Å². The highest BCUT2D eigenvalue weighted by Crippen LogP contribution is 2.16. The minimum Gasteiger partial charge on any atom is -0.478 e. The highest BCUT2D eigenvalue weighted by molar-refractivity contribution is 5.33. The van der Waals surface area contributed by atoms with Gasteiger partial charge in [0.1, 0.15) is 11.6 Å². The molecule has 0 unspecified atom stereocenters. The van der Waals surface area contributed by atoms with Crippen LogP contribution >= 0.6 is 0 Å². The van der Waals surface area contributed by atoms with Crippen molar-refractivity contribution in [2.24, 2.45) is 0 Å². The second-order valence-electron chi connectivity index (χ2n) is 4.55. The highest BCUT2D eigenvalue weighted by atomic mass is 16.5. The summed E-state index contributed by atoms with van der Waals surface area (Å²) in [5.41, 5.74) is 5.72. The Morgan fingerprint density at radius 3 is 2.65 bits per heavy atom. The maximum absolute atomic E-state index is 5.72. The summed E-state index contributed by atoms with van der Waals surface area (Å²) in [4.78, 5) is 8.52. The maximum atomic E-state index is 5.72. The molecule has 0 aliphatic heterocycles. The topological polar surface area (TPSA) is 61.0 Å². The molecule has 1 aromatic rings. The van der Waals surface area contributed by atoms with E-state index in [2.05, 4.69) is 16.9 Å². The number of ether oxygens (including phenoxy) is 1. The van der Waals surface area contributed by atoms with E-state index in [-0.39, 0.29) is 5.92 Å². The Kier molecular flexibility index (Phi) is 5.73. The van der Waals surface area contributed by atoms with E-state index in [4.69, 9.17) is 10.5 Å². The van der Waals surface area contributed by atoms with E-state index in [1.54, 1.807) is 6.07 Å². The highest BCUT2D eigenvalue weighted by Gasteiger charge is 2.07. The van der Waals surface area contributed by atoms with Crippen molar-refractivity contribution in [1.82, 2.24) is 9.97 Å². The third kappa shape index (κ3) is 5.02. The predicted octanol–water partition coefficient (Wildman–Crippen LogP) is 3.14. The Morgan fingerprint density at radius 2 is 2.00 bits per heavy atom. The van der Waals surface area contributed by atoms with Gasteiger partial charge in [-0.15, -0.1) is 0 Å². The van der Waals surface area contributed by atoms with Gasteiger partial charge >= 0.3 is 0 Å². The number of hydrogen-bond donors (Lipinski definition) is 1. The van der Waals surface area contributed by atoms with Gasteiger partial charge in [-0.2, -0.15) is 4.98 Å². The van der Waals surface area contributed by atoms with Gasteiger partial charge < -0.3 is 10.5 Å². The average molecular weight is 237 g/mol. The van der Waals surface area contributed by atoms with Gasteiger partial charge in [0.05, 0.1) is 6.61 Å². The summed E-state index contributed by atoms with van der Waals surface area (Å²) in [7, 11) is 0. The summed E-state index contributed by atoms with van der Waals surface area (Å²) in [6.45, 7) is 6.98. The van der Waals surface area contributed by atoms with Crippen LogP contribution in [0.4, 0.5) is 5.82 Å². The summed E-state index contributed by atoms with van der Waals surface area (Å²) in [6, 6.07) is 1.69. The zero-order valence-corrected chi connectivity index (χ0v) is 11.1. The molecule has 0 atom stereocenters. The molecule has 2 N–H and O–H groups in total. The van der Waals surface area contributed by atoms with Gasteiger partial charge in [-0.1, -0.05) is 40.0 Å². The van der Waals surface area contributed by atoms with Crippen LogP contribution in [0.1, 0.15) is 58.2 Å². The molecule has 4 heteroatoms. The van der Waals surface area contributed by atoms with Crippen molar-refractivity contribution in [1.29, 1.82) is 0 Å². The Morgan fingerprint density at radius 1 is 1.24 bits per heavy atom. The fraction of sp³-hybridized carbons (Fsp3) is 0.692. The first-order chi connectivity index (χ1) is 8.13. The molecule has 1 rings (SSSR count). The molecule has 4 nitrogen and oxygen atoms in total. The molecule has 0 aromatic carbocycles. The van der Waals surface area contributed by atoms with Crippen LogP contribution in [0.5, 0.6) is 5.88 Å². The van der Waals surface area contributed by atoms with Crippen molar-refractivity contribution in [3.63, 3.8) is 0 Å². The monoisotopic (exact) mass is 237 g/mol. The Labute approximate surface area is 104 Å². The molecule has 0 aliphatic carbocycles. The number of nitrogens with zero attached hydrogens (tertiary/aromatic N) is 2. The molecule has 0 bridgehead atoms. The largest absolute Gasteiger partial charge is 0.478 e. The fourth-order valence-corrected chi connectivity index (χ4v) is 1.50. The van der Waals surface area contributed by atoms with Crippen LogP contribution < -0.4 is 10.5 Å². The van der Waals surface area contributed by atoms with Crippen LogP contribution in [0.25, 0.3) is 0 Å². The lowest BCUT2D eigenvalue weighted by atomic mass is 10.2. The van der Waals surface area contributed by atoms with E-state index < -0.39 is 0 Å². The molecule has 0 saturated heterocycles. The molecule has 0 spiro atoms. The quantitative estimate of drug-likeness (QED) is 0.740. The summed E-state index contributed by atoms with van der Waals surface area (Å²) in [6.07, 6.45) is 4.76. The van der Waals surface area contributed by atoms with Crippen LogP contribution in [0.2, 0.25) is 0 Å². The summed E-state index contributed by atoms with van der Waals surface area (Å²) in [5, 5.41) is 0. The first-order valence-electron chi connectivity index (χ1n) is 6.40. The molecule has 0 aliphatic rings. The van der Waals surface area contributed by atoms with E-state index in [1.807, 2.05) is 13.8 Å². The van der Waals surface area contributed by atoms with Crippen LogP contribution in [0, 0.1) is 0 Å². The number of nitrogen functional groups attached to an aromatic ring is 1. The Bertz CT molecular complexity index is 339. The summed E-state index contributed by atoms with van der Waals surface area (Å²) in [5.74, 6) is 2.08. The molecule has 0 radical (unpaired) electrons. The minimum absolute atomic E-state index is 0.265. The van der Waals surface area contributed by atoms with Crippen molar-refractivity contribution >= 4 is 5.82 Å². The van der Waals surface area contributed by atoms with E-state index >= 15 is 0 Å². The van der Waals surface area contributed by atoms with Crippen molar-refractivity contribution in [3.8, 4) is 5.88 Å². The van der Waals surface area contributed by atoms with E-state index in [0.29, 0.717) is 18.3 Å². The zero-order valence-electron chi connectivity index (χ0n) is 11.1. The van der Waals surface area contributed by atoms with Gasteiger partial charge in [0.25, 0.3) is 0 Å². The molecule has 17 heavy (non-hydrogen) atoms. The molecule has 0 amide bonds.